The maximum atomic E-state index is 12.7. The maximum Gasteiger partial charge on any atom is 0.255 e. The molecule has 0 unspecified atom stereocenters. The molecule has 0 bridgehead atoms. The normalized spacial score (nSPS) is 20.4. The first-order valence-electron chi connectivity index (χ1n) is 8.21. The molecule has 2 fully saturated rings. The number of sulfone groups is 1. The Morgan fingerprint density at radius 1 is 1.08 bits per heavy atom. The molecule has 4 rings (SSSR count). The molecule has 0 radical (unpaired) electrons. The van der Waals surface area contributed by atoms with Gasteiger partial charge < -0.3 is 9.88 Å². The van der Waals surface area contributed by atoms with Crippen LogP contribution in [0.3, 0.4) is 0 Å². The summed E-state index contributed by atoms with van der Waals surface area (Å²) in [4.78, 5) is 17.6. The minimum Gasteiger partial charge on any atom is -0.367 e. The number of H-pyrrole nitrogens is 1. The number of nitrogens with one attached hydrogen (secondary N) is 1. The number of carbonyl (C=O) groups excluding carboxylic acids is 1. The first kappa shape index (κ1) is 15.4. The SMILES string of the molecule is O=C(c1c[nH]cc1Cc1ccccc1)N1CC(C2CS(=O)(=O)C2)C1. The quantitative estimate of drug-likeness (QED) is 0.918. The summed E-state index contributed by atoms with van der Waals surface area (Å²) in [7, 11) is -2.78. The lowest BCUT2D eigenvalue weighted by Crippen LogP contribution is -2.57. The lowest BCUT2D eigenvalue weighted by atomic mass is 9.87. The van der Waals surface area contributed by atoms with Crippen LogP contribution < -0.4 is 0 Å². The van der Waals surface area contributed by atoms with Crippen LogP contribution in [-0.4, -0.2) is 48.8 Å². The number of carbonyl (C=O) groups is 1. The van der Waals surface area contributed by atoms with Gasteiger partial charge in [0.25, 0.3) is 5.91 Å². The summed E-state index contributed by atoms with van der Waals surface area (Å²) in [5.41, 5.74) is 2.90. The number of nitrogens with zero attached hydrogens (tertiary/aromatic N) is 1. The van der Waals surface area contributed by atoms with Gasteiger partial charge in [0.1, 0.15) is 0 Å². The van der Waals surface area contributed by atoms with Crippen molar-refractivity contribution in [1.29, 1.82) is 0 Å². The van der Waals surface area contributed by atoms with Crippen LogP contribution >= 0.6 is 0 Å². The van der Waals surface area contributed by atoms with E-state index in [0.29, 0.717) is 30.5 Å². The summed E-state index contributed by atoms with van der Waals surface area (Å²) in [5.74, 6) is 1.22. The Morgan fingerprint density at radius 2 is 1.79 bits per heavy atom. The highest BCUT2D eigenvalue weighted by atomic mass is 32.2. The number of likely N-dealkylation sites (tertiary alicyclic amines) is 1. The average Bonchev–Trinajstić information content (AvgIpc) is 2.93. The summed E-state index contributed by atoms with van der Waals surface area (Å²) in [6.45, 7) is 1.35. The van der Waals surface area contributed by atoms with Crippen molar-refractivity contribution in [2.75, 3.05) is 24.6 Å². The van der Waals surface area contributed by atoms with Crippen LogP contribution in [0.4, 0.5) is 0 Å². The molecule has 0 atom stereocenters. The van der Waals surface area contributed by atoms with Crippen molar-refractivity contribution in [3.63, 3.8) is 0 Å². The third-order valence-corrected chi connectivity index (χ3v) is 6.97. The summed E-state index contributed by atoms with van der Waals surface area (Å²) in [5, 5.41) is 0. The second-order valence-electron chi connectivity index (χ2n) is 6.86. The molecule has 2 aliphatic heterocycles. The van der Waals surface area contributed by atoms with Crippen LogP contribution in [-0.2, 0) is 16.3 Å². The molecule has 1 amide bonds. The van der Waals surface area contributed by atoms with Crippen LogP contribution in [0.2, 0.25) is 0 Å². The van der Waals surface area contributed by atoms with Gasteiger partial charge in [-0.25, -0.2) is 8.42 Å². The average molecular weight is 344 g/mol. The highest BCUT2D eigenvalue weighted by Crippen LogP contribution is 2.33. The van der Waals surface area contributed by atoms with E-state index in [0.717, 1.165) is 17.5 Å². The monoisotopic (exact) mass is 344 g/mol. The molecule has 126 valence electrons. The van der Waals surface area contributed by atoms with E-state index in [-0.39, 0.29) is 11.8 Å². The fourth-order valence-corrected chi connectivity index (χ4v) is 5.33. The van der Waals surface area contributed by atoms with E-state index in [9.17, 15) is 13.2 Å². The molecule has 2 aromatic rings. The molecule has 3 heterocycles. The number of rotatable bonds is 4. The number of benzene rings is 1. The Hall–Kier alpha value is -2.08. The first-order valence-corrected chi connectivity index (χ1v) is 10.0. The van der Waals surface area contributed by atoms with Gasteiger partial charge in [0.2, 0.25) is 0 Å². The molecule has 1 aromatic heterocycles. The van der Waals surface area contributed by atoms with Crippen LogP contribution in [0.5, 0.6) is 0 Å². The molecular formula is C18H20N2O3S. The van der Waals surface area contributed by atoms with E-state index < -0.39 is 9.84 Å². The van der Waals surface area contributed by atoms with Gasteiger partial charge in [-0.1, -0.05) is 30.3 Å². The van der Waals surface area contributed by atoms with Crippen molar-refractivity contribution in [3.05, 3.63) is 59.4 Å². The standard InChI is InChI=1S/C18H20N2O3S/c21-18(20-9-15(10-20)16-11-24(22,23)12-16)17-8-19-7-14(17)6-13-4-2-1-3-5-13/h1-5,7-8,15-16,19H,6,9-12H2. The van der Waals surface area contributed by atoms with Gasteiger partial charge in [-0.15, -0.1) is 0 Å². The van der Waals surface area contributed by atoms with E-state index in [1.807, 2.05) is 29.3 Å². The molecule has 2 aliphatic rings. The van der Waals surface area contributed by atoms with E-state index in [2.05, 4.69) is 17.1 Å². The lowest BCUT2D eigenvalue weighted by Gasteiger charge is -2.46. The molecule has 5 nitrogen and oxygen atoms in total. The molecule has 0 saturated carbocycles. The zero-order valence-electron chi connectivity index (χ0n) is 13.3. The van der Waals surface area contributed by atoms with Crippen molar-refractivity contribution >= 4 is 15.7 Å². The van der Waals surface area contributed by atoms with Crippen molar-refractivity contribution in [2.45, 2.75) is 6.42 Å². The van der Waals surface area contributed by atoms with Crippen LogP contribution in [0.1, 0.15) is 21.5 Å². The van der Waals surface area contributed by atoms with Crippen LogP contribution in [0, 0.1) is 11.8 Å². The maximum absolute atomic E-state index is 12.7. The lowest BCUT2D eigenvalue weighted by molar-refractivity contribution is 0.0399. The third-order valence-electron chi connectivity index (χ3n) is 5.10. The van der Waals surface area contributed by atoms with Gasteiger partial charge in [0, 0.05) is 25.5 Å². The van der Waals surface area contributed by atoms with Gasteiger partial charge in [-0.05, 0) is 29.4 Å². The largest absolute Gasteiger partial charge is 0.367 e. The zero-order valence-corrected chi connectivity index (χ0v) is 14.1. The van der Waals surface area contributed by atoms with E-state index in [1.54, 1.807) is 6.20 Å². The van der Waals surface area contributed by atoms with Crippen molar-refractivity contribution in [3.8, 4) is 0 Å². The number of hydrogen-bond donors (Lipinski definition) is 1. The van der Waals surface area contributed by atoms with E-state index in [1.165, 1.54) is 5.56 Å². The topological polar surface area (TPSA) is 70.2 Å². The zero-order chi connectivity index (χ0) is 16.7. The summed E-state index contributed by atoms with van der Waals surface area (Å²) in [6, 6.07) is 10.1. The van der Waals surface area contributed by atoms with Crippen molar-refractivity contribution < 1.29 is 13.2 Å². The van der Waals surface area contributed by atoms with Crippen molar-refractivity contribution in [1.82, 2.24) is 9.88 Å². The second-order valence-corrected chi connectivity index (χ2v) is 9.02. The third kappa shape index (κ3) is 2.86. The van der Waals surface area contributed by atoms with Gasteiger partial charge >= 0.3 is 0 Å². The van der Waals surface area contributed by atoms with Gasteiger partial charge in [-0.2, -0.15) is 0 Å². The smallest absolute Gasteiger partial charge is 0.255 e. The molecular weight excluding hydrogens is 324 g/mol. The Morgan fingerprint density at radius 3 is 2.46 bits per heavy atom. The van der Waals surface area contributed by atoms with Crippen LogP contribution in [0.25, 0.3) is 0 Å². The summed E-state index contributed by atoms with van der Waals surface area (Å²) in [6.07, 6.45) is 4.38. The molecule has 24 heavy (non-hydrogen) atoms. The highest BCUT2D eigenvalue weighted by Gasteiger charge is 2.45. The Bertz CT molecular complexity index is 839. The van der Waals surface area contributed by atoms with Crippen LogP contribution in [0.15, 0.2) is 42.7 Å². The van der Waals surface area contributed by atoms with Crippen molar-refractivity contribution in [2.24, 2.45) is 11.8 Å². The predicted molar refractivity (Wildman–Crippen MR) is 91.6 cm³/mol. The minimum atomic E-state index is -2.78. The van der Waals surface area contributed by atoms with Gasteiger partial charge in [0.15, 0.2) is 9.84 Å². The number of aromatic nitrogens is 1. The molecule has 2 saturated heterocycles. The molecule has 1 N–H and O–H groups in total. The fraction of sp³-hybridized carbons (Fsp3) is 0.389. The van der Waals surface area contributed by atoms with Gasteiger partial charge in [0.05, 0.1) is 17.1 Å². The first-order chi connectivity index (χ1) is 11.5. The Kier molecular flexibility index (Phi) is 3.72. The Labute approximate surface area is 141 Å². The molecule has 0 spiro atoms. The van der Waals surface area contributed by atoms with E-state index >= 15 is 0 Å². The Balaban J connectivity index is 1.39. The van der Waals surface area contributed by atoms with Gasteiger partial charge in [-0.3, -0.25) is 4.79 Å². The number of amides is 1. The molecule has 6 heteroatoms. The van der Waals surface area contributed by atoms with E-state index in [4.69, 9.17) is 0 Å². The fourth-order valence-electron chi connectivity index (χ4n) is 3.58. The summed E-state index contributed by atoms with van der Waals surface area (Å²) >= 11 is 0. The number of hydrogen-bond acceptors (Lipinski definition) is 3. The summed E-state index contributed by atoms with van der Waals surface area (Å²) < 4.78 is 22.6. The highest BCUT2D eigenvalue weighted by molar-refractivity contribution is 7.92. The minimum absolute atomic E-state index is 0.0422. The molecule has 1 aromatic carbocycles. The number of aromatic amines is 1. The molecule has 0 aliphatic carbocycles. The second kappa shape index (κ2) is 5.77. The predicted octanol–water partition coefficient (Wildman–Crippen LogP) is 1.72.